The molecule has 4 heteroatoms. The van der Waals surface area contributed by atoms with Crippen LogP contribution < -0.4 is 5.32 Å². The number of carbonyl (C=O) groups excluding carboxylic acids is 1. The number of hydrogen-bond acceptors (Lipinski definition) is 2. The van der Waals surface area contributed by atoms with Gasteiger partial charge in [0.2, 0.25) is 0 Å². The van der Waals surface area contributed by atoms with Crippen LogP contribution in [-0.4, -0.2) is 16.9 Å². The average Bonchev–Trinajstić information content (AvgIpc) is 2.40. The maximum Gasteiger partial charge on any atom is 0.253 e. The smallest absolute Gasteiger partial charge is 0.253 e. The number of alkyl halides is 1. The molecule has 0 atom stereocenters. The van der Waals surface area contributed by atoms with Gasteiger partial charge in [0.15, 0.2) is 0 Å². The first-order valence-corrected chi connectivity index (χ1v) is 6.65. The van der Waals surface area contributed by atoms with Crippen LogP contribution in [0, 0.1) is 0 Å². The van der Waals surface area contributed by atoms with Crippen LogP contribution in [0.15, 0.2) is 18.3 Å². The molecule has 92 valence electrons. The van der Waals surface area contributed by atoms with Crippen molar-refractivity contribution in [2.24, 2.45) is 0 Å². The lowest BCUT2D eigenvalue weighted by Gasteiger charge is -2.22. The van der Waals surface area contributed by atoms with Crippen molar-refractivity contribution in [3.8, 4) is 0 Å². The van der Waals surface area contributed by atoms with Crippen LogP contribution >= 0.6 is 11.6 Å². The van der Waals surface area contributed by atoms with Gasteiger partial charge in [-0.3, -0.25) is 9.78 Å². The number of amides is 1. The second-order valence-electron chi connectivity index (χ2n) is 4.48. The molecule has 0 radical (unpaired) electrons. The number of rotatable bonds is 3. The van der Waals surface area contributed by atoms with Crippen molar-refractivity contribution in [2.45, 2.75) is 44.0 Å². The van der Waals surface area contributed by atoms with Crippen molar-refractivity contribution in [3.63, 3.8) is 0 Å². The summed E-state index contributed by atoms with van der Waals surface area (Å²) in [4.78, 5) is 16.0. The van der Waals surface area contributed by atoms with Gasteiger partial charge < -0.3 is 5.32 Å². The topological polar surface area (TPSA) is 42.0 Å². The molecule has 0 saturated heterocycles. The maximum atomic E-state index is 11.9. The number of hydrogen-bond donors (Lipinski definition) is 1. The van der Waals surface area contributed by atoms with E-state index in [1.54, 1.807) is 18.3 Å². The molecule has 1 heterocycles. The fraction of sp³-hybridized carbons (Fsp3) is 0.538. The lowest BCUT2D eigenvalue weighted by Crippen LogP contribution is -2.36. The molecule has 3 nitrogen and oxygen atoms in total. The first-order chi connectivity index (χ1) is 8.29. The third-order valence-corrected chi connectivity index (χ3v) is 3.44. The van der Waals surface area contributed by atoms with Gasteiger partial charge in [-0.15, -0.1) is 11.6 Å². The van der Waals surface area contributed by atoms with Gasteiger partial charge in [0.25, 0.3) is 5.91 Å². The molecule has 0 aromatic carbocycles. The van der Waals surface area contributed by atoms with Crippen LogP contribution in [-0.2, 0) is 5.88 Å². The molecule has 1 fully saturated rings. The molecule has 1 aliphatic rings. The van der Waals surface area contributed by atoms with Crippen LogP contribution in [0.3, 0.4) is 0 Å². The van der Waals surface area contributed by atoms with Gasteiger partial charge in [-0.2, -0.15) is 0 Å². The summed E-state index contributed by atoms with van der Waals surface area (Å²) in [7, 11) is 0. The first-order valence-electron chi connectivity index (χ1n) is 6.11. The summed E-state index contributed by atoms with van der Waals surface area (Å²) in [6.07, 6.45) is 7.51. The van der Waals surface area contributed by atoms with E-state index >= 15 is 0 Å². The predicted molar refractivity (Wildman–Crippen MR) is 68.1 cm³/mol. The van der Waals surface area contributed by atoms with Crippen LogP contribution in [0.25, 0.3) is 0 Å². The molecule has 1 aromatic rings. The molecule has 0 spiro atoms. The summed E-state index contributed by atoms with van der Waals surface area (Å²) < 4.78 is 0. The Kier molecular flexibility index (Phi) is 4.37. The summed E-state index contributed by atoms with van der Waals surface area (Å²) in [6.45, 7) is 0. The molecule has 0 aliphatic heterocycles. The highest BCUT2D eigenvalue weighted by Gasteiger charge is 2.16. The van der Waals surface area contributed by atoms with Crippen molar-refractivity contribution in [2.75, 3.05) is 0 Å². The fourth-order valence-electron chi connectivity index (χ4n) is 2.15. The predicted octanol–water partition coefficient (Wildman–Crippen LogP) is 2.88. The van der Waals surface area contributed by atoms with E-state index in [1.165, 1.54) is 19.3 Å². The lowest BCUT2D eigenvalue weighted by molar-refractivity contribution is 0.0927. The average molecular weight is 253 g/mol. The Bertz CT molecular complexity index is 372. The van der Waals surface area contributed by atoms with E-state index in [1.807, 2.05) is 0 Å². The first kappa shape index (κ1) is 12.4. The van der Waals surface area contributed by atoms with Gasteiger partial charge in [-0.1, -0.05) is 19.3 Å². The third-order valence-electron chi connectivity index (χ3n) is 3.16. The number of aromatic nitrogens is 1. The van der Waals surface area contributed by atoms with Crippen molar-refractivity contribution in [1.29, 1.82) is 0 Å². The number of pyridine rings is 1. The molecule has 0 unspecified atom stereocenters. The Balaban J connectivity index is 1.93. The molecule has 1 amide bonds. The van der Waals surface area contributed by atoms with Gasteiger partial charge >= 0.3 is 0 Å². The van der Waals surface area contributed by atoms with Gasteiger partial charge in [0.05, 0.1) is 17.1 Å². The summed E-state index contributed by atoms with van der Waals surface area (Å²) in [6, 6.07) is 3.91. The van der Waals surface area contributed by atoms with Crippen LogP contribution in [0.2, 0.25) is 0 Å². The SMILES string of the molecule is O=C(NC1CCCCC1)c1ccc(CCl)nc1. The molecule has 1 aromatic heterocycles. The largest absolute Gasteiger partial charge is 0.349 e. The highest BCUT2D eigenvalue weighted by Crippen LogP contribution is 2.17. The summed E-state index contributed by atoms with van der Waals surface area (Å²) >= 11 is 5.65. The van der Waals surface area contributed by atoms with Gasteiger partial charge in [0, 0.05) is 12.2 Å². The molecule has 1 saturated carbocycles. The molecule has 1 aliphatic carbocycles. The van der Waals surface area contributed by atoms with Gasteiger partial charge in [0.1, 0.15) is 0 Å². The lowest BCUT2D eigenvalue weighted by atomic mass is 9.95. The third kappa shape index (κ3) is 3.43. The normalized spacial score (nSPS) is 16.8. The van der Waals surface area contributed by atoms with Gasteiger partial charge in [-0.05, 0) is 25.0 Å². The van der Waals surface area contributed by atoms with E-state index in [4.69, 9.17) is 11.6 Å². The van der Waals surface area contributed by atoms with Crippen molar-refractivity contribution in [3.05, 3.63) is 29.6 Å². The van der Waals surface area contributed by atoms with Gasteiger partial charge in [-0.25, -0.2) is 0 Å². The summed E-state index contributed by atoms with van der Waals surface area (Å²) in [5.74, 6) is 0.357. The highest BCUT2D eigenvalue weighted by molar-refractivity contribution is 6.16. The Morgan fingerprint density at radius 1 is 1.35 bits per heavy atom. The van der Waals surface area contributed by atoms with E-state index in [-0.39, 0.29) is 5.91 Å². The number of nitrogens with zero attached hydrogens (tertiary/aromatic N) is 1. The maximum absolute atomic E-state index is 11.9. The van der Waals surface area contributed by atoms with E-state index < -0.39 is 0 Å². The number of carbonyl (C=O) groups is 1. The van der Waals surface area contributed by atoms with Crippen LogP contribution in [0.1, 0.15) is 48.2 Å². The van der Waals surface area contributed by atoms with E-state index in [9.17, 15) is 4.79 Å². The zero-order chi connectivity index (χ0) is 12.1. The quantitative estimate of drug-likeness (QED) is 0.841. The fourth-order valence-corrected chi connectivity index (χ4v) is 2.31. The zero-order valence-corrected chi connectivity index (χ0v) is 10.5. The molecular formula is C13H17ClN2O. The van der Waals surface area contributed by atoms with E-state index in [2.05, 4.69) is 10.3 Å². The Hall–Kier alpha value is -1.09. The zero-order valence-electron chi connectivity index (χ0n) is 9.79. The number of nitrogens with one attached hydrogen (secondary N) is 1. The highest BCUT2D eigenvalue weighted by atomic mass is 35.5. The standard InChI is InChI=1S/C13H17ClN2O/c14-8-12-7-6-10(9-15-12)13(17)16-11-4-2-1-3-5-11/h6-7,9,11H,1-5,8H2,(H,16,17). The van der Waals surface area contributed by atoms with Crippen molar-refractivity contribution in [1.82, 2.24) is 10.3 Å². The van der Waals surface area contributed by atoms with Crippen molar-refractivity contribution >= 4 is 17.5 Å². The molecule has 0 bridgehead atoms. The van der Waals surface area contributed by atoms with E-state index in [0.717, 1.165) is 18.5 Å². The summed E-state index contributed by atoms with van der Waals surface area (Å²) in [5, 5.41) is 3.06. The van der Waals surface area contributed by atoms with Crippen LogP contribution in [0.4, 0.5) is 0 Å². The number of halogens is 1. The second kappa shape index (κ2) is 6.01. The monoisotopic (exact) mass is 252 g/mol. The van der Waals surface area contributed by atoms with Crippen LogP contribution in [0.5, 0.6) is 0 Å². The molecule has 1 N–H and O–H groups in total. The Morgan fingerprint density at radius 2 is 2.12 bits per heavy atom. The molecule has 2 rings (SSSR count). The van der Waals surface area contributed by atoms with E-state index in [0.29, 0.717) is 17.5 Å². The Morgan fingerprint density at radius 3 is 2.71 bits per heavy atom. The second-order valence-corrected chi connectivity index (χ2v) is 4.75. The molecule has 17 heavy (non-hydrogen) atoms. The minimum atomic E-state index is -0.0227. The minimum absolute atomic E-state index is 0.0227. The van der Waals surface area contributed by atoms with Crippen molar-refractivity contribution < 1.29 is 4.79 Å². The molecular weight excluding hydrogens is 236 g/mol. The Labute approximate surface area is 107 Å². The summed E-state index contributed by atoms with van der Waals surface area (Å²) in [5.41, 5.74) is 1.41. The minimum Gasteiger partial charge on any atom is -0.349 e.